The van der Waals surface area contributed by atoms with Gasteiger partial charge in [0.05, 0.1) is 4.90 Å². The average molecular weight is 433 g/mol. The lowest BCUT2D eigenvalue weighted by molar-refractivity contribution is 0.0746. The number of piperazine rings is 1. The second kappa shape index (κ2) is 8.97. The first-order valence-electron chi connectivity index (χ1n) is 9.88. The third kappa shape index (κ3) is 4.71. The van der Waals surface area contributed by atoms with Crippen molar-refractivity contribution in [1.29, 1.82) is 0 Å². The third-order valence-electron chi connectivity index (χ3n) is 4.93. The van der Waals surface area contributed by atoms with E-state index in [1.807, 2.05) is 19.9 Å². The molecule has 1 saturated heterocycles. The Morgan fingerprint density at radius 2 is 1.73 bits per heavy atom. The molecule has 1 fully saturated rings. The number of hydrogen-bond acceptors (Lipinski definition) is 7. The number of carbonyl (C=O) groups excluding carboxylic acids is 1. The van der Waals surface area contributed by atoms with E-state index in [1.54, 1.807) is 17.0 Å². The predicted molar refractivity (Wildman–Crippen MR) is 116 cm³/mol. The van der Waals surface area contributed by atoms with E-state index >= 15 is 0 Å². The lowest BCUT2D eigenvalue weighted by Gasteiger charge is -2.35. The molecule has 9 nitrogen and oxygen atoms in total. The SMILES string of the molecule is CCNc1cc(C)nc(N2CCN(C(=O)c3ccc(S(=O)(=O)N(C)C)cc3)CC2)n1. The van der Waals surface area contributed by atoms with Crippen LogP contribution in [0.15, 0.2) is 35.2 Å². The molecule has 0 aliphatic carbocycles. The van der Waals surface area contributed by atoms with E-state index in [9.17, 15) is 13.2 Å². The molecule has 3 rings (SSSR count). The molecule has 1 aromatic heterocycles. The van der Waals surface area contributed by atoms with Gasteiger partial charge in [-0.15, -0.1) is 0 Å². The molecule has 162 valence electrons. The van der Waals surface area contributed by atoms with Crippen molar-refractivity contribution in [3.05, 3.63) is 41.6 Å². The van der Waals surface area contributed by atoms with Crippen molar-refractivity contribution < 1.29 is 13.2 Å². The summed E-state index contributed by atoms with van der Waals surface area (Å²) in [6.45, 7) is 7.10. The van der Waals surface area contributed by atoms with Gasteiger partial charge in [0.15, 0.2) is 0 Å². The van der Waals surface area contributed by atoms with Gasteiger partial charge in [-0.05, 0) is 38.1 Å². The summed E-state index contributed by atoms with van der Waals surface area (Å²) in [6, 6.07) is 7.99. The Labute approximate surface area is 177 Å². The maximum absolute atomic E-state index is 12.8. The highest BCUT2D eigenvalue weighted by atomic mass is 32.2. The van der Waals surface area contributed by atoms with Crippen molar-refractivity contribution in [2.24, 2.45) is 0 Å². The Bertz CT molecular complexity index is 1000. The van der Waals surface area contributed by atoms with Gasteiger partial charge in [-0.3, -0.25) is 4.79 Å². The number of amides is 1. The van der Waals surface area contributed by atoms with Gasteiger partial charge in [0.1, 0.15) is 5.82 Å². The quantitative estimate of drug-likeness (QED) is 0.737. The average Bonchev–Trinajstić information content (AvgIpc) is 2.73. The highest BCUT2D eigenvalue weighted by Gasteiger charge is 2.25. The van der Waals surface area contributed by atoms with Crippen LogP contribution in [0.4, 0.5) is 11.8 Å². The van der Waals surface area contributed by atoms with E-state index in [4.69, 9.17) is 0 Å². The van der Waals surface area contributed by atoms with Gasteiger partial charge in [0, 0.05) is 64.1 Å². The fourth-order valence-corrected chi connectivity index (χ4v) is 4.14. The van der Waals surface area contributed by atoms with Crippen molar-refractivity contribution in [3.63, 3.8) is 0 Å². The summed E-state index contributed by atoms with van der Waals surface area (Å²) >= 11 is 0. The van der Waals surface area contributed by atoms with Crippen molar-refractivity contribution in [1.82, 2.24) is 19.2 Å². The standard InChI is InChI=1S/C20H28N6O3S/c1-5-21-18-14-15(2)22-20(23-18)26-12-10-25(11-13-26)19(27)16-6-8-17(9-7-16)30(28,29)24(3)4/h6-9,14H,5,10-13H2,1-4H3,(H,21,22,23). The predicted octanol–water partition coefficient (Wildman–Crippen LogP) is 1.43. The summed E-state index contributed by atoms with van der Waals surface area (Å²) < 4.78 is 25.5. The van der Waals surface area contributed by atoms with Gasteiger partial charge in [-0.1, -0.05) is 0 Å². The van der Waals surface area contributed by atoms with E-state index < -0.39 is 10.0 Å². The Morgan fingerprint density at radius 3 is 2.30 bits per heavy atom. The number of anilines is 2. The van der Waals surface area contributed by atoms with Crippen molar-refractivity contribution in [2.45, 2.75) is 18.7 Å². The van der Waals surface area contributed by atoms with E-state index in [2.05, 4.69) is 20.2 Å². The Morgan fingerprint density at radius 1 is 1.10 bits per heavy atom. The summed E-state index contributed by atoms with van der Waals surface area (Å²) in [4.78, 5) is 25.9. The van der Waals surface area contributed by atoms with E-state index in [0.29, 0.717) is 37.7 Å². The van der Waals surface area contributed by atoms with Crippen LogP contribution in [0.1, 0.15) is 23.0 Å². The lowest BCUT2D eigenvalue weighted by Crippen LogP contribution is -2.49. The molecule has 0 atom stereocenters. The number of carbonyl (C=O) groups is 1. The summed E-state index contributed by atoms with van der Waals surface area (Å²) in [5, 5.41) is 3.21. The molecule has 1 N–H and O–H groups in total. The van der Waals surface area contributed by atoms with Crippen LogP contribution in [0.3, 0.4) is 0 Å². The van der Waals surface area contributed by atoms with Crippen LogP contribution in [-0.4, -0.2) is 80.3 Å². The van der Waals surface area contributed by atoms with E-state index in [-0.39, 0.29) is 10.8 Å². The molecule has 0 spiro atoms. The van der Waals surface area contributed by atoms with Crippen LogP contribution in [-0.2, 0) is 10.0 Å². The normalized spacial score (nSPS) is 14.8. The molecule has 0 unspecified atom stereocenters. The third-order valence-corrected chi connectivity index (χ3v) is 6.76. The first kappa shape index (κ1) is 22.0. The van der Waals surface area contributed by atoms with Gasteiger partial charge in [0.2, 0.25) is 16.0 Å². The van der Waals surface area contributed by atoms with Crippen LogP contribution in [0, 0.1) is 6.92 Å². The first-order chi connectivity index (χ1) is 14.2. The molecule has 10 heteroatoms. The van der Waals surface area contributed by atoms with Gasteiger partial charge < -0.3 is 15.1 Å². The molecule has 30 heavy (non-hydrogen) atoms. The summed E-state index contributed by atoms with van der Waals surface area (Å²) in [6.07, 6.45) is 0. The second-order valence-corrected chi connectivity index (χ2v) is 9.47. The van der Waals surface area contributed by atoms with Crippen LogP contribution in [0.25, 0.3) is 0 Å². The molecular weight excluding hydrogens is 404 g/mol. The number of aryl methyl sites for hydroxylation is 1. The van der Waals surface area contributed by atoms with Crippen LogP contribution in [0.5, 0.6) is 0 Å². The summed E-state index contributed by atoms with van der Waals surface area (Å²) in [7, 11) is -0.552. The number of hydrogen-bond donors (Lipinski definition) is 1. The largest absolute Gasteiger partial charge is 0.370 e. The summed E-state index contributed by atoms with van der Waals surface area (Å²) in [5.74, 6) is 1.35. The number of nitrogens with one attached hydrogen (secondary N) is 1. The van der Waals surface area contributed by atoms with Crippen LogP contribution in [0.2, 0.25) is 0 Å². The number of sulfonamides is 1. The first-order valence-corrected chi connectivity index (χ1v) is 11.3. The van der Waals surface area contributed by atoms with Gasteiger partial charge in [-0.2, -0.15) is 4.98 Å². The van der Waals surface area contributed by atoms with Crippen molar-refractivity contribution in [2.75, 3.05) is 57.0 Å². The van der Waals surface area contributed by atoms with Crippen molar-refractivity contribution in [3.8, 4) is 0 Å². The Balaban J connectivity index is 1.66. The fourth-order valence-electron chi connectivity index (χ4n) is 3.24. The van der Waals surface area contributed by atoms with E-state index in [1.165, 1.54) is 26.2 Å². The Kier molecular flexibility index (Phi) is 6.57. The van der Waals surface area contributed by atoms with Gasteiger partial charge >= 0.3 is 0 Å². The molecule has 1 amide bonds. The Hall–Kier alpha value is -2.72. The van der Waals surface area contributed by atoms with E-state index in [0.717, 1.165) is 22.4 Å². The molecule has 0 saturated carbocycles. The fraction of sp³-hybridized carbons (Fsp3) is 0.450. The lowest BCUT2D eigenvalue weighted by atomic mass is 10.2. The zero-order chi connectivity index (χ0) is 21.9. The summed E-state index contributed by atoms with van der Waals surface area (Å²) in [5.41, 5.74) is 1.37. The number of aromatic nitrogens is 2. The zero-order valence-corrected chi connectivity index (χ0v) is 18.6. The smallest absolute Gasteiger partial charge is 0.253 e. The zero-order valence-electron chi connectivity index (χ0n) is 17.8. The van der Waals surface area contributed by atoms with Crippen LogP contribution < -0.4 is 10.2 Å². The molecule has 0 radical (unpaired) electrons. The highest BCUT2D eigenvalue weighted by Crippen LogP contribution is 2.18. The maximum Gasteiger partial charge on any atom is 0.253 e. The molecule has 1 aliphatic rings. The molecule has 1 aliphatic heterocycles. The maximum atomic E-state index is 12.8. The van der Waals surface area contributed by atoms with Gasteiger partial charge in [0.25, 0.3) is 5.91 Å². The second-order valence-electron chi connectivity index (χ2n) is 7.32. The topological polar surface area (TPSA) is 98.7 Å². The molecular formula is C20H28N6O3S. The number of nitrogens with zero attached hydrogens (tertiary/aromatic N) is 5. The van der Waals surface area contributed by atoms with Crippen LogP contribution >= 0.6 is 0 Å². The monoisotopic (exact) mass is 432 g/mol. The molecule has 2 aromatic rings. The highest BCUT2D eigenvalue weighted by molar-refractivity contribution is 7.89. The number of rotatable bonds is 6. The van der Waals surface area contributed by atoms with Gasteiger partial charge in [-0.25, -0.2) is 17.7 Å². The molecule has 1 aromatic carbocycles. The minimum atomic E-state index is -3.51. The van der Waals surface area contributed by atoms with Crippen molar-refractivity contribution >= 4 is 27.7 Å². The molecule has 2 heterocycles. The number of benzene rings is 1. The molecule has 0 bridgehead atoms. The minimum absolute atomic E-state index is 0.109. The minimum Gasteiger partial charge on any atom is -0.370 e.